The number of alkyl halides is 3. The Morgan fingerprint density at radius 2 is 1.80 bits per heavy atom. The summed E-state index contributed by atoms with van der Waals surface area (Å²) >= 11 is 0. The Hall–Kier alpha value is -2.09. The third kappa shape index (κ3) is 4.12. The highest BCUT2D eigenvalue weighted by atomic mass is 19.4. The summed E-state index contributed by atoms with van der Waals surface area (Å²) in [5.41, 5.74) is -1.84. The fourth-order valence-electron chi connectivity index (χ4n) is 2.86. The van der Waals surface area contributed by atoms with E-state index in [1.807, 2.05) is 0 Å². The first-order valence-electron chi connectivity index (χ1n) is 7.78. The minimum Gasteiger partial charge on any atom is -0.479 e. The number of carboxylic acid groups (broad SMARTS) is 1. The van der Waals surface area contributed by atoms with Crippen LogP contribution in [0.4, 0.5) is 13.2 Å². The molecule has 0 saturated carbocycles. The monoisotopic (exact) mass is 359 g/mol. The van der Waals surface area contributed by atoms with Crippen molar-refractivity contribution in [2.24, 2.45) is 0 Å². The van der Waals surface area contributed by atoms with Crippen molar-refractivity contribution >= 4 is 11.9 Å². The largest absolute Gasteiger partial charge is 0.479 e. The van der Waals surface area contributed by atoms with Crippen LogP contribution in [-0.2, 0) is 25.9 Å². The number of amides is 1. The molecule has 138 valence electrons. The molecule has 0 aromatic heterocycles. The summed E-state index contributed by atoms with van der Waals surface area (Å²) in [6, 6.07) is 4.62. The van der Waals surface area contributed by atoms with Gasteiger partial charge in [-0.05, 0) is 32.4 Å². The fourth-order valence-corrected chi connectivity index (χ4v) is 2.86. The molecule has 1 amide bonds. The van der Waals surface area contributed by atoms with Crippen molar-refractivity contribution in [3.05, 3.63) is 35.4 Å². The van der Waals surface area contributed by atoms with Crippen LogP contribution in [0.3, 0.4) is 0 Å². The molecule has 0 aliphatic carbocycles. The molecule has 1 fully saturated rings. The molecule has 0 radical (unpaired) electrons. The molecule has 1 unspecified atom stereocenters. The summed E-state index contributed by atoms with van der Waals surface area (Å²) < 4.78 is 44.0. The molecular weight excluding hydrogens is 339 g/mol. The van der Waals surface area contributed by atoms with Crippen molar-refractivity contribution in [2.75, 3.05) is 13.1 Å². The second-order valence-electron chi connectivity index (χ2n) is 6.69. The smallest absolute Gasteiger partial charge is 0.416 e. The number of halogens is 3. The summed E-state index contributed by atoms with van der Waals surface area (Å²) in [5.74, 6) is -1.62. The maximum absolute atomic E-state index is 12.9. The van der Waals surface area contributed by atoms with Crippen molar-refractivity contribution < 1.29 is 32.6 Å². The van der Waals surface area contributed by atoms with Crippen LogP contribution in [0.1, 0.15) is 31.9 Å². The maximum Gasteiger partial charge on any atom is 0.416 e. The van der Waals surface area contributed by atoms with Crippen LogP contribution in [0.15, 0.2) is 24.3 Å². The number of hydrogen-bond donors (Lipinski definition) is 1. The Balaban J connectivity index is 2.29. The molecule has 1 heterocycles. The molecule has 0 spiro atoms. The summed E-state index contributed by atoms with van der Waals surface area (Å²) in [4.78, 5) is 25.4. The molecule has 2 atom stereocenters. The Morgan fingerprint density at radius 3 is 2.36 bits per heavy atom. The second kappa shape index (κ2) is 6.67. The Kier molecular flexibility index (Phi) is 5.13. The van der Waals surface area contributed by atoms with Crippen LogP contribution in [0.2, 0.25) is 0 Å². The van der Waals surface area contributed by atoms with Gasteiger partial charge in [-0.15, -0.1) is 0 Å². The van der Waals surface area contributed by atoms with Gasteiger partial charge in [0.15, 0.2) is 6.10 Å². The van der Waals surface area contributed by atoms with Crippen LogP contribution in [0, 0.1) is 0 Å². The number of rotatable bonds is 3. The van der Waals surface area contributed by atoms with Gasteiger partial charge in [-0.1, -0.05) is 18.2 Å². The highest BCUT2D eigenvalue weighted by Crippen LogP contribution is 2.34. The summed E-state index contributed by atoms with van der Waals surface area (Å²) in [6.45, 7) is 4.75. The number of carbonyl (C=O) groups is 2. The summed E-state index contributed by atoms with van der Waals surface area (Å²) in [6.07, 6.45) is -6.13. The first kappa shape index (κ1) is 19.2. The topological polar surface area (TPSA) is 66.8 Å². The third-order valence-corrected chi connectivity index (χ3v) is 4.27. The van der Waals surface area contributed by atoms with Gasteiger partial charge >= 0.3 is 12.1 Å². The van der Waals surface area contributed by atoms with E-state index in [-0.39, 0.29) is 18.7 Å². The molecule has 2 rings (SSSR count). The molecule has 8 heteroatoms. The predicted molar refractivity (Wildman–Crippen MR) is 83.0 cm³/mol. The van der Waals surface area contributed by atoms with Gasteiger partial charge in [0.2, 0.25) is 5.91 Å². The predicted octanol–water partition coefficient (Wildman–Crippen LogP) is 2.68. The Morgan fingerprint density at radius 1 is 1.20 bits per heavy atom. The molecule has 25 heavy (non-hydrogen) atoms. The lowest BCUT2D eigenvalue weighted by molar-refractivity contribution is -0.168. The maximum atomic E-state index is 12.9. The van der Waals surface area contributed by atoms with Gasteiger partial charge in [0, 0.05) is 6.54 Å². The van der Waals surface area contributed by atoms with Gasteiger partial charge in [0.1, 0.15) is 0 Å². The average molecular weight is 359 g/mol. The van der Waals surface area contributed by atoms with E-state index < -0.39 is 41.2 Å². The quantitative estimate of drug-likeness (QED) is 0.901. The fraction of sp³-hybridized carbons (Fsp3) is 0.529. The van der Waals surface area contributed by atoms with Crippen LogP contribution < -0.4 is 0 Å². The van der Waals surface area contributed by atoms with Crippen molar-refractivity contribution in [1.82, 2.24) is 4.90 Å². The molecule has 5 nitrogen and oxygen atoms in total. The molecule has 1 aliphatic heterocycles. The number of hydrogen-bond acceptors (Lipinski definition) is 3. The Labute approximate surface area is 143 Å². The standard InChI is InChI=1S/C17H20F3NO4/c1-10-8-21(9-13(25-10)14(22)23)15(24)16(2,3)11-5-4-6-12(7-11)17(18,19)20/h4-7,10,13H,8-9H2,1-3H3,(H,22,23)/t10-,13?/m1/s1. The van der Waals surface area contributed by atoms with E-state index in [9.17, 15) is 22.8 Å². The number of carboxylic acids is 1. The molecule has 1 aromatic carbocycles. The van der Waals surface area contributed by atoms with E-state index in [1.54, 1.807) is 6.92 Å². The van der Waals surface area contributed by atoms with Gasteiger partial charge in [0.05, 0.1) is 23.6 Å². The zero-order valence-electron chi connectivity index (χ0n) is 14.1. The average Bonchev–Trinajstić information content (AvgIpc) is 2.52. The van der Waals surface area contributed by atoms with Crippen molar-refractivity contribution in [3.8, 4) is 0 Å². The lowest BCUT2D eigenvalue weighted by Crippen LogP contribution is -2.55. The lowest BCUT2D eigenvalue weighted by atomic mass is 9.82. The number of nitrogens with zero attached hydrogens (tertiary/aromatic N) is 1. The third-order valence-electron chi connectivity index (χ3n) is 4.27. The molecular formula is C17H20F3NO4. The van der Waals surface area contributed by atoms with E-state index >= 15 is 0 Å². The molecule has 1 saturated heterocycles. The van der Waals surface area contributed by atoms with E-state index in [0.29, 0.717) is 0 Å². The molecule has 1 N–H and O–H groups in total. The van der Waals surface area contributed by atoms with Gasteiger partial charge in [-0.3, -0.25) is 4.79 Å². The van der Waals surface area contributed by atoms with E-state index in [4.69, 9.17) is 9.84 Å². The van der Waals surface area contributed by atoms with Gasteiger partial charge in [0.25, 0.3) is 0 Å². The van der Waals surface area contributed by atoms with Crippen LogP contribution in [0.5, 0.6) is 0 Å². The zero-order chi connectivity index (χ0) is 19.0. The van der Waals surface area contributed by atoms with Crippen molar-refractivity contribution in [1.29, 1.82) is 0 Å². The first-order valence-corrected chi connectivity index (χ1v) is 7.78. The number of ether oxygens (including phenoxy) is 1. The van der Waals surface area contributed by atoms with Crippen LogP contribution >= 0.6 is 0 Å². The van der Waals surface area contributed by atoms with Crippen LogP contribution in [0.25, 0.3) is 0 Å². The molecule has 1 aliphatic rings. The highest BCUT2D eigenvalue weighted by Gasteiger charge is 2.40. The van der Waals surface area contributed by atoms with Crippen molar-refractivity contribution in [2.45, 2.75) is 44.6 Å². The van der Waals surface area contributed by atoms with E-state index in [0.717, 1.165) is 12.1 Å². The first-order chi connectivity index (χ1) is 11.4. The number of carbonyl (C=O) groups excluding carboxylic acids is 1. The lowest BCUT2D eigenvalue weighted by Gasteiger charge is -2.39. The normalized spacial score (nSPS) is 21.9. The zero-order valence-corrected chi connectivity index (χ0v) is 14.1. The number of morpholine rings is 1. The minimum absolute atomic E-state index is 0.138. The highest BCUT2D eigenvalue weighted by molar-refractivity contribution is 5.88. The van der Waals surface area contributed by atoms with Crippen LogP contribution in [-0.4, -0.2) is 47.2 Å². The van der Waals surface area contributed by atoms with E-state index in [2.05, 4.69) is 0 Å². The summed E-state index contributed by atoms with van der Waals surface area (Å²) in [7, 11) is 0. The SMILES string of the molecule is C[C@@H]1CN(C(=O)C(C)(C)c2cccc(C(F)(F)F)c2)CC(C(=O)O)O1. The number of benzene rings is 1. The van der Waals surface area contributed by atoms with Gasteiger partial charge in [-0.25, -0.2) is 4.79 Å². The summed E-state index contributed by atoms with van der Waals surface area (Å²) in [5, 5.41) is 9.11. The molecule has 1 aromatic rings. The number of aliphatic carboxylic acids is 1. The molecule has 0 bridgehead atoms. The minimum atomic E-state index is -4.50. The second-order valence-corrected chi connectivity index (χ2v) is 6.69. The van der Waals surface area contributed by atoms with E-state index in [1.165, 1.54) is 30.9 Å². The van der Waals surface area contributed by atoms with Gasteiger partial charge < -0.3 is 14.7 Å². The van der Waals surface area contributed by atoms with Gasteiger partial charge in [-0.2, -0.15) is 13.2 Å². The Bertz CT molecular complexity index is 672. The van der Waals surface area contributed by atoms with Crippen molar-refractivity contribution in [3.63, 3.8) is 0 Å².